The first-order valence-electron chi connectivity index (χ1n) is 11.0. The van der Waals surface area contributed by atoms with Gasteiger partial charge in [-0.2, -0.15) is 5.26 Å². The molecule has 0 bridgehead atoms. The van der Waals surface area contributed by atoms with Gasteiger partial charge in [-0.25, -0.2) is 0 Å². The number of amides is 1. The van der Waals surface area contributed by atoms with Crippen LogP contribution in [0, 0.1) is 21.4 Å². The van der Waals surface area contributed by atoms with E-state index in [9.17, 15) is 20.2 Å². The second-order valence-corrected chi connectivity index (χ2v) is 8.30. The van der Waals surface area contributed by atoms with Crippen molar-refractivity contribution in [2.24, 2.45) is 0 Å². The van der Waals surface area contributed by atoms with E-state index in [1.54, 1.807) is 0 Å². The highest BCUT2D eigenvalue weighted by Crippen LogP contribution is 2.41. The number of carbonyl (C=O) groups excluding carboxylic acids is 1. The highest BCUT2D eigenvalue weighted by molar-refractivity contribution is 6.33. The van der Waals surface area contributed by atoms with E-state index < -0.39 is 10.8 Å². The fraction of sp³-hybridized carbons (Fsp3) is 0. The van der Waals surface area contributed by atoms with Gasteiger partial charge in [-0.15, -0.1) is 0 Å². The summed E-state index contributed by atoms with van der Waals surface area (Å²) < 4.78 is 11.7. The fourth-order valence-electron chi connectivity index (χ4n) is 3.89. The van der Waals surface area contributed by atoms with Crippen LogP contribution in [0.2, 0.25) is 5.02 Å². The molecule has 0 saturated carbocycles. The average Bonchev–Trinajstić information content (AvgIpc) is 3.55. The molecular formula is C28H16ClN3O5. The van der Waals surface area contributed by atoms with Crippen LogP contribution in [-0.4, -0.2) is 10.8 Å². The minimum Gasteiger partial charge on any atom is -0.451 e. The summed E-state index contributed by atoms with van der Waals surface area (Å²) in [5.74, 6) is -0.0334. The largest absolute Gasteiger partial charge is 0.451 e. The third kappa shape index (κ3) is 4.59. The zero-order valence-corrected chi connectivity index (χ0v) is 19.7. The summed E-state index contributed by atoms with van der Waals surface area (Å²) >= 11 is 6.19. The van der Waals surface area contributed by atoms with Gasteiger partial charge in [0, 0.05) is 28.8 Å². The predicted molar refractivity (Wildman–Crippen MR) is 138 cm³/mol. The summed E-state index contributed by atoms with van der Waals surface area (Å²) in [6.45, 7) is 0. The van der Waals surface area contributed by atoms with Crippen LogP contribution in [-0.2, 0) is 0 Å². The van der Waals surface area contributed by atoms with Gasteiger partial charge in [-0.05, 0) is 23.8 Å². The zero-order chi connectivity index (χ0) is 25.9. The van der Waals surface area contributed by atoms with Gasteiger partial charge >= 0.3 is 0 Å². The molecule has 5 rings (SSSR count). The van der Waals surface area contributed by atoms with E-state index >= 15 is 0 Å². The monoisotopic (exact) mass is 509 g/mol. The molecule has 0 aliphatic heterocycles. The maximum atomic E-state index is 13.1. The molecule has 0 unspecified atom stereocenters. The first-order chi connectivity index (χ1) is 18.0. The molecule has 0 radical (unpaired) electrons. The van der Waals surface area contributed by atoms with Crippen molar-refractivity contribution < 1.29 is 18.6 Å². The second-order valence-electron chi connectivity index (χ2n) is 7.89. The molecule has 180 valence electrons. The maximum absolute atomic E-state index is 13.1. The molecule has 0 saturated heterocycles. The van der Waals surface area contributed by atoms with Crippen molar-refractivity contribution in [1.82, 2.24) is 0 Å². The van der Waals surface area contributed by atoms with Crippen LogP contribution in [0.1, 0.15) is 16.1 Å². The Hall–Kier alpha value is -5.13. The topological polar surface area (TPSA) is 122 Å². The van der Waals surface area contributed by atoms with Gasteiger partial charge in [-0.1, -0.05) is 72.3 Å². The number of hydrogen-bond donors (Lipinski definition) is 1. The Morgan fingerprint density at radius 2 is 1.59 bits per heavy atom. The number of hydrogen-bond acceptors (Lipinski definition) is 6. The molecule has 2 aromatic heterocycles. The molecule has 0 aliphatic rings. The van der Waals surface area contributed by atoms with E-state index in [1.165, 1.54) is 30.3 Å². The van der Waals surface area contributed by atoms with Crippen molar-refractivity contribution in [2.75, 3.05) is 5.32 Å². The Bertz CT molecular complexity index is 1670. The summed E-state index contributed by atoms with van der Waals surface area (Å²) in [5, 5.41) is 23.7. The van der Waals surface area contributed by atoms with E-state index in [4.69, 9.17) is 20.4 Å². The number of nitrogens with one attached hydrogen (secondary N) is 1. The van der Waals surface area contributed by atoms with Crippen molar-refractivity contribution in [3.8, 4) is 39.8 Å². The van der Waals surface area contributed by atoms with Crippen LogP contribution in [0.4, 0.5) is 11.6 Å². The zero-order valence-electron chi connectivity index (χ0n) is 19.0. The minimum absolute atomic E-state index is 0.0171. The average molecular weight is 510 g/mol. The highest BCUT2D eigenvalue weighted by atomic mass is 35.5. The third-order valence-corrected chi connectivity index (χ3v) is 5.92. The second kappa shape index (κ2) is 9.85. The van der Waals surface area contributed by atoms with E-state index in [1.807, 2.05) is 60.7 Å². The van der Waals surface area contributed by atoms with Crippen LogP contribution in [0.3, 0.4) is 0 Å². The molecule has 1 amide bonds. The van der Waals surface area contributed by atoms with Gasteiger partial charge in [0.15, 0.2) is 5.76 Å². The van der Waals surface area contributed by atoms with Crippen LogP contribution < -0.4 is 5.32 Å². The van der Waals surface area contributed by atoms with Gasteiger partial charge in [0.25, 0.3) is 11.6 Å². The van der Waals surface area contributed by atoms with Crippen molar-refractivity contribution in [1.29, 1.82) is 5.26 Å². The van der Waals surface area contributed by atoms with Gasteiger partial charge in [-0.3, -0.25) is 20.2 Å². The van der Waals surface area contributed by atoms with Crippen molar-refractivity contribution in [3.05, 3.63) is 117 Å². The van der Waals surface area contributed by atoms with Crippen LogP contribution in [0.25, 0.3) is 33.8 Å². The SMILES string of the molecule is N#Cc1c(NC(=O)c2ccc(-c3ccc([N+](=O)[O-])cc3Cl)o2)oc(-c2ccccc2)c1-c1ccccc1. The van der Waals surface area contributed by atoms with E-state index in [2.05, 4.69) is 11.4 Å². The minimum atomic E-state index is -0.645. The molecule has 5 aromatic rings. The quantitative estimate of drug-likeness (QED) is 0.186. The Balaban J connectivity index is 1.50. The molecule has 8 nitrogen and oxygen atoms in total. The van der Waals surface area contributed by atoms with Crippen LogP contribution in [0.15, 0.2) is 99.8 Å². The van der Waals surface area contributed by atoms with Gasteiger partial charge < -0.3 is 8.83 Å². The standard InChI is InChI=1S/C28H16ClN3O5/c29-22-15-19(32(34)35)11-12-20(22)23-13-14-24(36-23)27(33)31-28-21(16-30)25(17-7-3-1-4-8-17)26(37-28)18-9-5-2-6-10-18/h1-15H,(H,31,33). The number of nitriles is 1. The molecule has 0 atom stereocenters. The number of non-ortho nitro benzene ring substituents is 1. The Kier molecular flexibility index (Phi) is 6.29. The van der Waals surface area contributed by atoms with Crippen molar-refractivity contribution in [3.63, 3.8) is 0 Å². The molecule has 0 aliphatic carbocycles. The lowest BCUT2D eigenvalue weighted by molar-refractivity contribution is -0.384. The number of rotatable bonds is 6. The van der Waals surface area contributed by atoms with E-state index in [0.717, 1.165) is 11.1 Å². The Labute approximate surface area is 215 Å². The van der Waals surface area contributed by atoms with Crippen molar-refractivity contribution >= 4 is 29.1 Å². The summed E-state index contributed by atoms with van der Waals surface area (Å²) in [5.41, 5.74) is 2.45. The Morgan fingerprint density at radius 1 is 0.919 bits per heavy atom. The van der Waals surface area contributed by atoms with Crippen LogP contribution >= 0.6 is 11.6 Å². The fourth-order valence-corrected chi connectivity index (χ4v) is 4.15. The van der Waals surface area contributed by atoms with Gasteiger partial charge in [0.1, 0.15) is 23.2 Å². The number of nitro benzene ring substituents is 1. The number of halogens is 1. The number of benzene rings is 3. The number of nitrogens with zero attached hydrogens (tertiary/aromatic N) is 2. The maximum Gasteiger partial charge on any atom is 0.293 e. The molecule has 2 heterocycles. The summed E-state index contributed by atoms with van der Waals surface area (Å²) in [6, 6.07) is 27.6. The van der Waals surface area contributed by atoms with Gasteiger partial charge in [0.05, 0.1) is 9.95 Å². The number of furan rings is 2. The molecular weight excluding hydrogens is 494 g/mol. The lowest BCUT2D eigenvalue weighted by Crippen LogP contribution is -2.11. The van der Waals surface area contributed by atoms with E-state index in [0.29, 0.717) is 16.9 Å². The van der Waals surface area contributed by atoms with E-state index in [-0.39, 0.29) is 33.7 Å². The molecule has 3 aromatic carbocycles. The molecule has 0 spiro atoms. The normalized spacial score (nSPS) is 10.6. The predicted octanol–water partition coefficient (Wildman–Crippen LogP) is 7.56. The Morgan fingerprint density at radius 3 is 2.22 bits per heavy atom. The summed E-state index contributed by atoms with van der Waals surface area (Å²) in [4.78, 5) is 23.5. The lowest BCUT2D eigenvalue weighted by atomic mass is 9.98. The smallest absolute Gasteiger partial charge is 0.293 e. The first-order valence-corrected chi connectivity index (χ1v) is 11.4. The number of anilines is 1. The highest BCUT2D eigenvalue weighted by Gasteiger charge is 2.25. The molecule has 0 fully saturated rings. The number of nitro groups is 1. The molecule has 37 heavy (non-hydrogen) atoms. The number of carbonyl (C=O) groups is 1. The van der Waals surface area contributed by atoms with Gasteiger partial charge in [0.2, 0.25) is 5.88 Å². The van der Waals surface area contributed by atoms with Crippen molar-refractivity contribution in [2.45, 2.75) is 0 Å². The summed E-state index contributed by atoms with van der Waals surface area (Å²) in [7, 11) is 0. The summed E-state index contributed by atoms with van der Waals surface area (Å²) in [6.07, 6.45) is 0. The first kappa shape index (κ1) is 23.6. The third-order valence-electron chi connectivity index (χ3n) is 5.60. The lowest BCUT2D eigenvalue weighted by Gasteiger charge is -2.03. The van der Waals surface area contributed by atoms with Crippen LogP contribution in [0.5, 0.6) is 0 Å². The molecule has 1 N–H and O–H groups in total. The molecule has 9 heteroatoms.